The number of halogens is 1. The highest BCUT2D eigenvalue weighted by atomic mass is 35.5. The van der Waals surface area contributed by atoms with Crippen molar-refractivity contribution < 1.29 is 9.53 Å². The number of nitrogens with one attached hydrogen (secondary N) is 1. The standard InChI is InChI=1S/C23H19ClN4O2/c1-2-20-18(15-26-28(20)22-9-5-6-14-25-22)23(29)27-16-10-12-17(13-11-16)30-21-8-4-3-7-19(21)24/h3-15H,2H2,1H3,(H,27,29). The van der Waals surface area contributed by atoms with Crippen molar-refractivity contribution in [1.82, 2.24) is 14.8 Å². The molecule has 0 aliphatic rings. The van der Waals surface area contributed by atoms with E-state index < -0.39 is 0 Å². The number of nitrogens with zero attached hydrogens (tertiary/aromatic N) is 3. The molecular formula is C23H19ClN4O2. The van der Waals surface area contributed by atoms with Gasteiger partial charge in [-0.1, -0.05) is 36.7 Å². The molecule has 0 unspecified atom stereocenters. The first-order chi connectivity index (χ1) is 14.7. The van der Waals surface area contributed by atoms with Gasteiger partial charge in [0.25, 0.3) is 5.91 Å². The zero-order chi connectivity index (χ0) is 20.9. The lowest BCUT2D eigenvalue weighted by molar-refractivity contribution is 0.102. The quantitative estimate of drug-likeness (QED) is 0.447. The zero-order valence-corrected chi connectivity index (χ0v) is 17.0. The van der Waals surface area contributed by atoms with Gasteiger partial charge >= 0.3 is 0 Å². The second kappa shape index (κ2) is 8.80. The van der Waals surface area contributed by atoms with Crippen LogP contribution in [0.2, 0.25) is 5.02 Å². The van der Waals surface area contributed by atoms with Gasteiger partial charge in [0.1, 0.15) is 11.5 Å². The van der Waals surface area contributed by atoms with E-state index in [-0.39, 0.29) is 5.91 Å². The van der Waals surface area contributed by atoms with Gasteiger partial charge in [-0.2, -0.15) is 5.10 Å². The summed E-state index contributed by atoms with van der Waals surface area (Å²) in [4.78, 5) is 17.1. The van der Waals surface area contributed by atoms with E-state index in [4.69, 9.17) is 16.3 Å². The van der Waals surface area contributed by atoms with Crippen LogP contribution in [0.4, 0.5) is 5.69 Å². The fourth-order valence-corrected chi connectivity index (χ4v) is 3.21. The molecule has 30 heavy (non-hydrogen) atoms. The summed E-state index contributed by atoms with van der Waals surface area (Å²) < 4.78 is 7.47. The third kappa shape index (κ3) is 4.18. The highest BCUT2D eigenvalue weighted by molar-refractivity contribution is 6.32. The van der Waals surface area contributed by atoms with E-state index in [9.17, 15) is 4.79 Å². The summed E-state index contributed by atoms with van der Waals surface area (Å²) >= 11 is 6.12. The molecule has 6 nitrogen and oxygen atoms in total. The van der Waals surface area contributed by atoms with Crippen molar-refractivity contribution in [3.05, 3.63) is 95.4 Å². The van der Waals surface area contributed by atoms with Gasteiger partial charge in [-0.3, -0.25) is 4.79 Å². The number of para-hydroxylation sites is 1. The molecule has 2 heterocycles. The van der Waals surface area contributed by atoms with E-state index in [1.54, 1.807) is 53.5 Å². The van der Waals surface area contributed by atoms with Crippen molar-refractivity contribution >= 4 is 23.2 Å². The van der Waals surface area contributed by atoms with Crippen LogP contribution >= 0.6 is 11.6 Å². The fraction of sp³-hybridized carbons (Fsp3) is 0.0870. The first-order valence-electron chi connectivity index (χ1n) is 9.48. The average Bonchev–Trinajstić information content (AvgIpc) is 3.21. The Kier molecular flexibility index (Phi) is 5.77. The minimum Gasteiger partial charge on any atom is -0.456 e. The second-order valence-corrected chi connectivity index (χ2v) is 6.88. The third-order valence-corrected chi connectivity index (χ3v) is 4.80. The Morgan fingerprint density at radius 3 is 2.53 bits per heavy atom. The highest BCUT2D eigenvalue weighted by Crippen LogP contribution is 2.29. The minimum atomic E-state index is -0.228. The molecule has 0 spiro atoms. The van der Waals surface area contributed by atoms with Gasteiger partial charge in [-0.25, -0.2) is 9.67 Å². The van der Waals surface area contributed by atoms with Gasteiger partial charge in [0.15, 0.2) is 5.82 Å². The number of amides is 1. The van der Waals surface area contributed by atoms with Crippen molar-refractivity contribution in [2.45, 2.75) is 13.3 Å². The molecule has 4 aromatic rings. The molecule has 0 fully saturated rings. The molecule has 0 aliphatic carbocycles. The molecule has 2 aromatic heterocycles. The van der Waals surface area contributed by atoms with Gasteiger partial charge in [0.2, 0.25) is 0 Å². The van der Waals surface area contributed by atoms with E-state index >= 15 is 0 Å². The van der Waals surface area contributed by atoms with Crippen LogP contribution in [0.5, 0.6) is 11.5 Å². The average molecular weight is 419 g/mol. The van der Waals surface area contributed by atoms with Crippen LogP contribution in [0, 0.1) is 0 Å². The van der Waals surface area contributed by atoms with Crippen LogP contribution in [-0.2, 0) is 6.42 Å². The summed E-state index contributed by atoms with van der Waals surface area (Å²) in [7, 11) is 0. The topological polar surface area (TPSA) is 69.0 Å². The molecule has 0 saturated carbocycles. The summed E-state index contributed by atoms with van der Waals surface area (Å²) in [5.74, 6) is 1.65. The van der Waals surface area contributed by atoms with Crippen molar-refractivity contribution in [2.75, 3.05) is 5.32 Å². The van der Waals surface area contributed by atoms with Crippen molar-refractivity contribution in [3.8, 4) is 17.3 Å². The van der Waals surface area contributed by atoms with Crippen LogP contribution in [0.1, 0.15) is 23.0 Å². The Morgan fingerprint density at radius 2 is 1.83 bits per heavy atom. The van der Waals surface area contributed by atoms with Gasteiger partial charge in [-0.05, 0) is 55.0 Å². The summed E-state index contributed by atoms with van der Waals surface area (Å²) in [6.07, 6.45) is 3.91. The number of aromatic nitrogens is 3. The lowest BCUT2D eigenvalue weighted by Gasteiger charge is -2.10. The first-order valence-corrected chi connectivity index (χ1v) is 9.85. The number of hydrogen-bond acceptors (Lipinski definition) is 4. The molecule has 4 rings (SSSR count). The Labute approximate surface area is 179 Å². The molecule has 1 amide bonds. The Morgan fingerprint density at radius 1 is 1.07 bits per heavy atom. The Hall–Kier alpha value is -3.64. The first kappa shape index (κ1) is 19.7. The number of anilines is 1. The number of carbonyl (C=O) groups is 1. The lowest BCUT2D eigenvalue weighted by atomic mass is 10.2. The normalized spacial score (nSPS) is 10.6. The van der Waals surface area contributed by atoms with E-state index in [1.165, 1.54) is 0 Å². The molecule has 7 heteroatoms. The summed E-state index contributed by atoms with van der Waals surface area (Å²) in [6, 6.07) is 19.9. The largest absolute Gasteiger partial charge is 0.456 e. The minimum absolute atomic E-state index is 0.228. The van der Waals surface area contributed by atoms with Crippen molar-refractivity contribution in [1.29, 1.82) is 0 Å². The summed E-state index contributed by atoms with van der Waals surface area (Å²) in [5.41, 5.74) is 1.96. The summed E-state index contributed by atoms with van der Waals surface area (Å²) in [5, 5.41) is 7.79. The van der Waals surface area contributed by atoms with Crippen molar-refractivity contribution in [2.24, 2.45) is 0 Å². The number of benzene rings is 2. The Bertz CT molecular complexity index is 1160. The van der Waals surface area contributed by atoms with Crippen LogP contribution in [0.3, 0.4) is 0 Å². The van der Waals surface area contributed by atoms with Gasteiger partial charge in [-0.15, -0.1) is 0 Å². The van der Waals surface area contributed by atoms with E-state index in [0.717, 1.165) is 5.69 Å². The van der Waals surface area contributed by atoms with Crippen LogP contribution < -0.4 is 10.1 Å². The predicted octanol–water partition coefficient (Wildman–Crippen LogP) is 5.53. The van der Waals surface area contributed by atoms with Crippen LogP contribution in [0.15, 0.2) is 79.1 Å². The van der Waals surface area contributed by atoms with Gasteiger partial charge in [0, 0.05) is 11.9 Å². The lowest BCUT2D eigenvalue weighted by Crippen LogP contribution is -2.14. The Balaban J connectivity index is 1.49. The molecule has 0 saturated heterocycles. The molecule has 0 bridgehead atoms. The molecule has 0 aliphatic heterocycles. The monoisotopic (exact) mass is 418 g/mol. The number of ether oxygens (including phenoxy) is 1. The molecule has 0 atom stereocenters. The van der Waals surface area contributed by atoms with Gasteiger partial charge in [0.05, 0.1) is 22.5 Å². The number of hydrogen-bond donors (Lipinski definition) is 1. The SMILES string of the molecule is CCc1c(C(=O)Nc2ccc(Oc3ccccc3Cl)cc2)cnn1-c1ccccn1. The number of rotatable bonds is 6. The number of carbonyl (C=O) groups excluding carboxylic acids is 1. The molecular weight excluding hydrogens is 400 g/mol. The van der Waals surface area contributed by atoms with E-state index in [2.05, 4.69) is 15.4 Å². The van der Waals surface area contributed by atoms with Crippen LogP contribution in [0.25, 0.3) is 5.82 Å². The number of pyridine rings is 1. The molecule has 1 N–H and O–H groups in total. The maximum absolute atomic E-state index is 12.8. The zero-order valence-electron chi connectivity index (χ0n) is 16.2. The molecule has 0 radical (unpaired) electrons. The highest BCUT2D eigenvalue weighted by Gasteiger charge is 2.18. The molecule has 2 aromatic carbocycles. The summed E-state index contributed by atoms with van der Waals surface area (Å²) in [6.45, 7) is 1.98. The maximum atomic E-state index is 12.8. The second-order valence-electron chi connectivity index (χ2n) is 6.47. The van der Waals surface area contributed by atoms with Gasteiger partial charge < -0.3 is 10.1 Å². The van der Waals surface area contributed by atoms with E-state index in [0.29, 0.717) is 40.0 Å². The van der Waals surface area contributed by atoms with E-state index in [1.807, 2.05) is 37.3 Å². The maximum Gasteiger partial charge on any atom is 0.259 e. The van der Waals surface area contributed by atoms with Crippen molar-refractivity contribution in [3.63, 3.8) is 0 Å². The predicted molar refractivity (Wildman–Crippen MR) is 117 cm³/mol. The molecule has 150 valence electrons. The third-order valence-electron chi connectivity index (χ3n) is 4.49. The van der Waals surface area contributed by atoms with Crippen LogP contribution in [-0.4, -0.2) is 20.7 Å². The smallest absolute Gasteiger partial charge is 0.259 e. The fourth-order valence-electron chi connectivity index (χ4n) is 3.04.